The standard InChI is InChI=1S/C19H23NO2/c1-14(16-9-11-18(22-3)12-10-16)13-19(21)20-15(2)17-7-5-4-6-8-17/h4-12,14-15H,13H2,1-3H3,(H,20,21). The number of carbonyl (C=O) groups excluding carboxylic acids is 1. The Balaban J connectivity index is 1.90. The number of hydrogen-bond acceptors (Lipinski definition) is 2. The van der Waals surface area contributed by atoms with Crippen LogP contribution in [-0.2, 0) is 4.79 Å². The highest BCUT2D eigenvalue weighted by Gasteiger charge is 2.14. The van der Waals surface area contributed by atoms with Crippen LogP contribution in [0.3, 0.4) is 0 Å². The summed E-state index contributed by atoms with van der Waals surface area (Å²) >= 11 is 0. The molecule has 0 bridgehead atoms. The van der Waals surface area contributed by atoms with Crippen molar-refractivity contribution >= 4 is 5.91 Å². The SMILES string of the molecule is COc1ccc(C(C)CC(=O)NC(C)c2ccccc2)cc1. The van der Waals surface area contributed by atoms with E-state index in [1.165, 1.54) is 0 Å². The molecule has 22 heavy (non-hydrogen) atoms. The fraction of sp³-hybridized carbons (Fsp3) is 0.316. The van der Waals surface area contributed by atoms with Gasteiger partial charge in [0.2, 0.25) is 5.91 Å². The Morgan fingerprint density at radius 2 is 1.64 bits per heavy atom. The highest BCUT2D eigenvalue weighted by molar-refractivity contribution is 5.77. The molecule has 3 nitrogen and oxygen atoms in total. The highest BCUT2D eigenvalue weighted by atomic mass is 16.5. The molecule has 0 aromatic heterocycles. The summed E-state index contributed by atoms with van der Waals surface area (Å²) in [4.78, 5) is 12.2. The van der Waals surface area contributed by atoms with Gasteiger partial charge in [0.1, 0.15) is 5.75 Å². The van der Waals surface area contributed by atoms with Crippen LogP contribution >= 0.6 is 0 Å². The van der Waals surface area contributed by atoms with Crippen molar-refractivity contribution in [1.82, 2.24) is 5.32 Å². The van der Waals surface area contributed by atoms with Crippen molar-refractivity contribution in [3.63, 3.8) is 0 Å². The van der Waals surface area contributed by atoms with Crippen molar-refractivity contribution in [1.29, 1.82) is 0 Å². The normalized spacial score (nSPS) is 13.2. The first-order chi connectivity index (χ1) is 10.6. The quantitative estimate of drug-likeness (QED) is 0.873. The Morgan fingerprint density at radius 3 is 2.23 bits per heavy atom. The molecule has 0 radical (unpaired) electrons. The van der Waals surface area contributed by atoms with Crippen molar-refractivity contribution in [3.8, 4) is 5.75 Å². The van der Waals surface area contributed by atoms with E-state index in [4.69, 9.17) is 4.74 Å². The molecule has 2 atom stereocenters. The molecule has 1 amide bonds. The third-order valence-corrected chi connectivity index (χ3v) is 3.85. The van der Waals surface area contributed by atoms with Crippen LogP contribution in [0.5, 0.6) is 5.75 Å². The Kier molecular flexibility index (Phi) is 5.59. The lowest BCUT2D eigenvalue weighted by atomic mass is 9.97. The van der Waals surface area contributed by atoms with Crippen LogP contribution in [0.25, 0.3) is 0 Å². The van der Waals surface area contributed by atoms with E-state index in [2.05, 4.69) is 12.2 Å². The van der Waals surface area contributed by atoms with E-state index in [1.807, 2.05) is 61.5 Å². The minimum atomic E-state index is 0.0248. The lowest BCUT2D eigenvalue weighted by Gasteiger charge is -2.17. The van der Waals surface area contributed by atoms with Gasteiger partial charge in [-0.1, -0.05) is 49.4 Å². The molecule has 0 heterocycles. The fourth-order valence-electron chi connectivity index (χ4n) is 2.45. The molecule has 2 unspecified atom stereocenters. The minimum Gasteiger partial charge on any atom is -0.497 e. The number of rotatable bonds is 6. The summed E-state index contributed by atoms with van der Waals surface area (Å²) in [5.74, 6) is 1.08. The third kappa shape index (κ3) is 4.35. The predicted molar refractivity (Wildman–Crippen MR) is 89.0 cm³/mol. The van der Waals surface area contributed by atoms with Crippen LogP contribution in [0.15, 0.2) is 54.6 Å². The molecular formula is C19H23NO2. The Bertz CT molecular complexity index is 593. The van der Waals surface area contributed by atoms with Gasteiger partial charge in [-0.3, -0.25) is 4.79 Å². The average molecular weight is 297 g/mol. The summed E-state index contributed by atoms with van der Waals surface area (Å²) in [6, 6.07) is 17.9. The van der Waals surface area contributed by atoms with Gasteiger partial charge in [-0.25, -0.2) is 0 Å². The van der Waals surface area contributed by atoms with Crippen molar-refractivity contribution in [2.45, 2.75) is 32.2 Å². The number of carbonyl (C=O) groups is 1. The maximum Gasteiger partial charge on any atom is 0.221 e. The molecule has 3 heteroatoms. The summed E-state index contributed by atoms with van der Waals surface area (Å²) in [6.45, 7) is 4.07. The average Bonchev–Trinajstić information content (AvgIpc) is 2.55. The van der Waals surface area contributed by atoms with E-state index in [9.17, 15) is 4.79 Å². The Morgan fingerprint density at radius 1 is 1.00 bits per heavy atom. The van der Waals surface area contributed by atoms with Crippen LogP contribution in [0.4, 0.5) is 0 Å². The molecule has 0 saturated heterocycles. The van der Waals surface area contributed by atoms with Crippen molar-refractivity contribution in [3.05, 3.63) is 65.7 Å². The second kappa shape index (κ2) is 7.64. The van der Waals surface area contributed by atoms with E-state index in [-0.39, 0.29) is 17.9 Å². The summed E-state index contributed by atoms with van der Waals surface area (Å²) in [5.41, 5.74) is 2.26. The predicted octanol–water partition coefficient (Wildman–Crippen LogP) is 4.07. The summed E-state index contributed by atoms with van der Waals surface area (Å²) in [7, 11) is 1.65. The molecule has 0 aliphatic carbocycles. The lowest BCUT2D eigenvalue weighted by molar-refractivity contribution is -0.122. The minimum absolute atomic E-state index is 0.0248. The number of methoxy groups -OCH3 is 1. The first-order valence-electron chi connectivity index (χ1n) is 7.58. The molecule has 2 aromatic rings. The van der Waals surface area contributed by atoms with Crippen LogP contribution in [0.1, 0.15) is 43.4 Å². The van der Waals surface area contributed by atoms with E-state index in [0.29, 0.717) is 6.42 Å². The molecule has 0 fully saturated rings. The Hall–Kier alpha value is -2.29. The lowest BCUT2D eigenvalue weighted by Crippen LogP contribution is -2.27. The van der Waals surface area contributed by atoms with Crippen molar-refractivity contribution in [2.75, 3.05) is 7.11 Å². The van der Waals surface area contributed by atoms with Gasteiger partial charge in [-0.2, -0.15) is 0 Å². The first kappa shape index (κ1) is 16.1. The van der Waals surface area contributed by atoms with Crippen LogP contribution < -0.4 is 10.1 Å². The zero-order valence-electron chi connectivity index (χ0n) is 13.4. The van der Waals surface area contributed by atoms with E-state index in [1.54, 1.807) is 7.11 Å². The number of ether oxygens (including phenoxy) is 1. The smallest absolute Gasteiger partial charge is 0.221 e. The van der Waals surface area contributed by atoms with Crippen molar-refractivity contribution < 1.29 is 9.53 Å². The summed E-state index contributed by atoms with van der Waals surface area (Å²) < 4.78 is 5.15. The van der Waals surface area contributed by atoms with Crippen LogP contribution in [0.2, 0.25) is 0 Å². The van der Waals surface area contributed by atoms with Gasteiger partial charge in [-0.15, -0.1) is 0 Å². The van der Waals surface area contributed by atoms with E-state index >= 15 is 0 Å². The molecule has 116 valence electrons. The van der Waals surface area contributed by atoms with Gasteiger partial charge < -0.3 is 10.1 Å². The van der Waals surface area contributed by atoms with Gasteiger partial charge in [0.25, 0.3) is 0 Å². The van der Waals surface area contributed by atoms with Gasteiger partial charge in [0, 0.05) is 6.42 Å². The maximum absolute atomic E-state index is 12.2. The topological polar surface area (TPSA) is 38.3 Å². The molecule has 0 saturated carbocycles. The van der Waals surface area contributed by atoms with Crippen LogP contribution in [0, 0.1) is 0 Å². The largest absolute Gasteiger partial charge is 0.497 e. The first-order valence-corrected chi connectivity index (χ1v) is 7.58. The van der Waals surface area contributed by atoms with Gasteiger partial charge in [-0.05, 0) is 36.1 Å². The molecule has 0 spiro atoms. The molecule has 0 aliphatic rings. The summed E-state index contributed by atoms with van der Waals surface area (Å²) in [5, 5.41) is 3.06. The Labute approximate surface area is 132 Å². The fourth-order valence-corrected chi connectivity index (χ4v) is 2.45. The molecule has 0 aliphatic heterocycles. The van der Waals surface area contributed by atoms with Gasteiger partial charge in [0.05, 0.1) is 13.2 Å². The second-order valence-electron chi connectivity index (χ2n) is 5.58. The van der Waals surface area contributed by atoms with Crippen molar-refractivity contribution in [2.24, 2.45) is 0 Å². The van der Waals surface area contributed by atoms with Gasteiger partial charge >= 0.3 is 0 Å². The maximum atomic E-state index is 12.2. The second-order valence-corrected chi connectivity index (χ2v) is 5.58. The number of benzene rings is 2. The van der Waals surface area contributed by atoms with E-state index < -0.39 is 0 Å². The summed E-state index contributed by atoms with van der Waals surface area (Å²) in [6.07, 6.45) is 0.476. The number of nitrogens with one attached hydrogen (secondary N) is 1. The highest BCUT2D eigenvalue weighted by Crippen LogP contribution is 2.22. The van der Waals surface area contributed by atoms with Gasteiger partial charge in [0.15, 0.2) is 0 Å². The molecule has 2 aromatic carbocycles. The number of hydrogen-bond donors (Lipinski definition) is 1. The molecule has 1 N–H and O–H groups in total. The third-order valence-electron chi connectivity index (χ3n) is 3.85. The monoisotopic (exact) mass is 297 g/mol. The number of amides is 1. The molecular weight excluding hydrogens is 274 g/mol. The van der Waals surface area contributed by atoms with Crippen LogP contribution in [-0.4, -0.2) is 13.0 Å². The zero-order valence-corrected chi connectivity index (χ0v) is 13.4. The zero-order chi connectivity index (χ0) is 15.9. The van der Waals surface area contributed by atoms with E-state index in [0.717, 1.165) is 16.9 Å². The molecule has 2 rings (SSSR count).